The zero-order valence-corrected chi connectivity index (χ0v) is 17.8. The number of aromatic amines is 2. The number of nitrogens with zero attached hydrogens (tertiary/aromatic N) is 4. The summed E-state index contributed by atoms with van der Waals surface area (Å²) in [6, 6.07) is 23.7. The molecule has 0 unspecified atom stereocenters. The molecule has 7 aromatic rings. The third-order valence-corrected chi connectivity index (χ3v) is 5.77. The highest BCUT2D eigenvalue weighted by Gasteiger charge is 2.12. The molecule has 4 aromatic heterocycles. The van der Waals surface area contributed by atoms with Crippen LogP contribution in [0.25, 0.3) is 55.9 Å². The first-order valence-electron chi connectivity index (χ1n) is 10.8. The summed E-state index contributed by atoms with van der Waals surface area (Å²) in [6.45, 7) is 0. The van der Waals surface area contributed by atoms with Crippen molar-refractivity contribution < 1.29 is 4.42 Å². The van der Waals surface area contributed by atoms with Crippen LogP contribution >= 0.6 is 0 Å². The lowest BCUT2D eigenvalue weighted by molar-refractivity contribution is 0.617. The SMILES string of the molecule is c1ccc2oc(-c3cc4ccc(-c5nccc(Nc6ccc7[nH]ncc7c6)n5)cc4[nH]3)nc2c1. The predicted molar refractivity (Wildman–Crippen MR) is 132 cm³/mol. The average molecular weight is 443 g/mol. The molecular weight excluding hydrogens is 426 g/mol. The van der Waals surface area contributed by atoms with Gasteiger partial charge in [0, 0.05) is 33.7 Å². The number of benzene rings is 3. The molecule has 8 heteroatoms. The Kier molecular flexibility index (Phi) is 3.98. The molecule has 0 aliphatic carbocycles. The first kappa shape index (κ1) is 18.6. The molecule has 3 aromatic carbocycles. The van der Waals surface area contributed by atoms with Crippen molar-refractivity contribution >= 4 is 44.4 Å². The highest BCUT2D eigenvalue weighted by atomic mass is 16.3. The van der Waals surface area contributed by atoms with Crippen molar-refractivity contribution in [1.29, 1.82) is 0 Å². The van der Waals surface area contributed by atoms with Crippen LogP contribution in [0, 0.1) is 0 Å². The molecule has 8 nitrogen and oxygen atoms in total. The van der Waals surface area contributed by atoms with Crippen LogP contribution in [-0.4, -0.2) is 30.1 Å². The van der Waals surface area contributed by atoms with Crippen LogP contribution in [0.2, 0.25) is 0 Å². The molecule has 0 spiro atoms. The van der Waals surface area contributed by atoms with Crippen molar-refractivity contribution in [3.8, 4) is 23.0 Å². The highest BCUT2D eigenvalue weighted by molar-refractivity contribution is 5.89. The van der Waals surface area contributed by atoms with Gasteiger partial charge in [-0.25, -0.2) is 15.0 Å². The molecule has 0 fully saturated rings. The van der Waals surface area contributed by atoms with Gasteiger partial charge in [-0.05, 0) is 48.5 Å². The van der Waals surface area contributed by atoms with E-state index in [0.717, 1.165) is 49.9 Å². The Morgan fingerprint density at radius 3 is 2.76 bits per heavy atom. The van der Waals surface area contributed by atoms with Crippen LogP contribution in [0.1, 0.15) is 0 Å². The minimum Gasteiger partial charge on any atom is -0.435 e. The van der Waals surface area contributed by atoms with Gasteiger partial charge in [0.05, 0.1) is 11.7 Å². The summed E-state index contributed by atoms with van der Waals surface area (Å²) in [5.74, 6) is 1.91. The number of fused-ring (bicyclic) bond motifs is 3. The summed E-state index contributed by atoms with van der Waals surface area (Å²) >= 11 is 0. The number of hydrogen-bond acceptors (Lipinski definition) is 6. The van der Waals surface area contributed by atoms with Crippen molar-refractivity contribution in [3.05, 3.63) is 85.2 Å². The van der Waals surface area contributed by atoms with E-state index >= 15 is 0 Å². The molecule has 0 saturated carbocycles. The molecule has 7 rings (SSSR count). The normalized spacial score (nSPS) is 11.5. The van der Waals surface area contributed by atoms with Crippen molar-refractivity contribution in [2.45, 2.75) is 0 Å². The topological polar surface area (TPSA) is 108 Å². The molecule has 0 amide bonds. The third-order valence-electron chi connectivity index (χ3n) is 5.77. The number of H-pyrrole nitrogens is 2. The van der Waals surface area contributed by atoms with E-state index in [4.69, 9.17) is 9.40 Å². The second-order valence-electron chi connectivity index (χ2n) is 8.03. The average Bonchev–Trinajstić information content (AvgIpc) is 3.60. The van der Waals surface area contributed by atoms with E-state index in [0.29, 0.717) is 17.5 Å². The number of hydrogen-bond donors (Lipinski definition) is 3. The Bertz CT molecular complexity index is 1780. The summed E-state index contributed by atoms with van der Waals surface area (Å²) in [5.41, 5.74) is 6.22. The van der Waals surface area contributed by atoms with Gasteiger partial charge in [0.25, 0.3) is 0 Å². The molecule has 0 bridgehead atoms. The van der Waals surface area contributed by atoms with Gasteiger partial charge < -0.3 is 14.7 Å². The Hall–Kier alpha value is -4.98. The van der Waals surface area contributed by atoms with Crippen LogP contribution < -0.4 is 5.32 Å². The third kappa shape index (κ3) is 3.17. The number of anilines is 2. The summed E-state index contributed by atoms with van der Waals surface area (Å²) in [4.78, 5) is 17.2. The lowest BCUT2D eigenvalue weighted by Crippen LogP contribution is -1.96. The second kappa shape index (κ2) is 7.28. The van der Waals surface area contributed by atoms with Crippen LogP contribution in [-0.2, 0) is 0 Å². The number of rotatable bonds is 4. The number of nitrogens with one attached hydrogen (secondary N) is 3. The lowest BCUT2D eigenvalue weighted by atomic mass is 10.1. The first-order valence-corrected chi connectivity index (χ1v) is 10.8. The van der Waals surface area contributed by atoms with Gasteiger partial charge in [-0.2, -0.15) is 5.10 Å². The maximum atomic E-state index is 5.91. The van der Waals surface area contributed by atoms with Gasteiger partial charge in [0.2, 0.25) is 5.89 Å². The summed E-state index contributed by atoms with van der Waals surface area (Å²) in [7, 11) is 0. The molecule has 0 atom stereocenters. The van der Waals surface area contributed by atoms with Crippen molar-refractivity contribution in [1.82, 2.24) is 30.1 Å². The molecule has 0 saturated heterocycles. The Labute approximate surface area is 192 Å². The zero-order chi connectivity index (χ0) is 22.5. The maximum absolute atomic E-state index is 5.91. The fourth-order valence-electron chi connectivity index (χ4n) is 4.10. The maximum Gasteiger partial charge on any atom is 0.244 e. The molecular formula is C26H17N7O. The van der Waals surface area contributed by atoms with Crippen LogP contribution in [0.4, 0.5) is 11.5 Å². The standard InChI is InChI=1S/C26H17N7O/c1-2-4-23-20(3-1)31-26(34-23)22-12-15-5-6-16(13-21(15)30-22)25-27-10-9-24(32-25)29-18-7-8-19-17(11-18)14-28-33-19/h1-14,30H,(H,28,33)(H,27,29,32). The van der Waals surface area contributed by atoms with Gasteiger partial charge >= 0.3 is 0 Å². The van der Waals surface area contributed by atoms with Gasteiger partial charge in [0.15, 0.2) is 11.4 Å². The Balaban J connectivity index is 1.21. The van der Waals surface area contributed by atoms with Gasteiger partial charge in [-0.3, -0.25) is 5.10 Å². The number of para-hydroxylation sites is 2. The molecule has 162 valence electrons. The van der Waals surface area contributed by atoms with Crippen LogP contribution in [0.15, 0.2) is 89.6 Å². The van der Waals surface area contributed by atoms with E-state index in [1.54, 1.807) is 12.4 Å². The monoisotopic (exact) mass is 443 g/mol. The summed E-state index contributed by atoms with van der Waals surface area (Å²) in [6.07, 6.45) is 3.55. The minimum absolute atomic E-state index is 0.566. The summed E-state index contributed by atoms with van der Waals surface area (Å²) in [5, 5.41) is 12.5. The van der Waals surface area contributed by atoms with Crippen molar-refractivity contribution in [3.63, 3.8) is 0 Å². The van der Waals surface area contributed by atoms with E-state index < -0.39 is 0 Å². The molecule has 4 heterocycles. The molecule has 34 heavy (non-hydrogen) atoms. The first-order chi connectivity index (χ1) is 16.8. The number of oxazole rings is 1. The minimum atomic E-state index is 0.566. The van der Waals surface area contributed by atoms with Crippen LogP contribution in [0.5, 0.6) is 0 Å². The van der Waals surface area contributed by atoms with Gasteiger partial charge in [-0.1, -0.05) is 24.3 Å². The highest BCUT2D eigenvalue weighted by Crippen LogP contribution is 2.29. The predicted octanol–water partition coefficient (Wildman–Crippen LogP) is 6.05. The molecule has 0 radical (unpaired) electrons. The quantitative estimate of drug-likeness (QED) is 0.305. The van der Waals surface area contributed by atoms with Crippen LogP contribution in [0.3, 0.4) is 0 Å². The van der Waals surface area contributed by atoms with Crippen molar-refractivity contribution in [2.24, 2.45) is 0 Å². The number of aromatic nitrogens is 6. The molecule has 0 aliphatic heterocycles. The second-order valence-corrected chi connectivity index (χ2v) is 8.03. The molecule has 3 N–H and O–H groups in total. The fourth-order valence-corrected chi connectivity index (χ4v) is 4.10. The summed E-state index contributed by atoms with van der Waals surface area (Å²) < 4.78 is 5.91. The zero-order valence-electron chi connectivity index (χ0n) is 17.8. The Morgan fingerprint density at radius 1 is 0.824 bits per heavy atom. The van der Waals surface area contributed by atoms with E-state index in [1.165, 1.54) is 0 Å². The lowest BCUT2D eigenvalue weighted by Gasteiger charge is -2.07. The smallest absolute Gasteiger partial charge is 0.244 e. The van der Waals surface area contributed by atoms with Gasteiger partial charge in [0.1, 0.15) is 17.0 Å². The van der Waals surface area contributed by atoms with E-state index in [2.05, 4.69) is 30.5 Å². The fraction of sp³-hybridized carbons (Fsp3) is 0. The molecule has 0 aliphatic rings. The van der Waals surface area contributed by atoms with E-state index in [-0.39, 0.29) is 0 Å². The van der Waals surface area contributed by atoms with E-state index in [1.807, 2.05) is 72.8 Å². The van der Waals surface area contributed by atoms with Crippen molar-refractivity contribution in [2.75, 3.05) is 5.32 Å². The largest absolute Gasteiger partial charge is 0.435 e. The van der Waals surface area contributed by atoms with E-state index in [9.17, 15) is 0 Å². The Morgan fingerprint density at radius 2 is 1.79 bits per heavy atom. The van der Waals surface area contributed by atoms with Gasteiger partial charge in [-0.15, -0.1) is 0 Å².